The number of pyridine rings is 1. The largest absolute Gasteiger partial charge is 0.334 e. The van der Waals surface area contributed by atoms with Crippen LogP contribution in [0.4, 0.5) is 5.69 Å². The fourth-order valence-corrected chi connectivity index (χ4v) is 1.15. The Morgan fingerprint density at radius 1 is 1.43 bits per heavy atom. The lowest BCUT2D eigenvalue weighted by molar-refractivity contribution is -0.386. The molecule has 1 aromatic rings. The smallest absolute Gasteiger partial charge is 0.304 e. The van der Waals surface area contributed by atoms with E-state index in [1.54, 1.807) is 6.20 Å². The summed E-state index contributed by atoms with van der Waals surface area (Å²) in [4.78, 5) is 21.4. The van der Waals surface area contributed by atoms with E-state index in [-0.39, 0.29) is 5.69 Å². The van der Waals surface area contributed by atoms with Crippen LogP contribution in [-0.2, 0) is 5.54 Å². The number of nitrogens with zero attached hydrogens (tertiary/aromatic N) is 2. The summed E-state index contributed by atoms with van der Waals surface area (Å²) in [5, 5.41) is 10.5. The fraction of sp³-hybridized carbons (Fsp3) is 0.444. The zero-order valence-electron chi connectivity index (χ0n) is 8.35. The van der Waals surface area contributed by atoms with Crippen LogP contribution in [-0.4, -0.2) is 9.49 Å². The number of aromatic nitrogens is 1. The summed E-state index contributed by atoms with van der Waals surface area (Å²) in [5.74, 6) is 0. The molecular formula is C9H12N2O3. The third-order valence-corrected chi connectivity index (χ3v) is 1.85. The molecule has 14 heavy (non-hydrogen) atoms. The van der Waals surface area contributed by atoms with E-state index < -0.39 is 16.0 Å². The third kappa shape index (κ3) is 1.81. The molecule has 0 spiro atoms. The lowest BCUT2D eigenvalue weighted by Gasteiger charge is -2.21. The second-order valence-electron chi connectivity index (χ2n) is 4.00. The van der Waals surface area contributed by atoms with Crippen LogP contribution in [0.15, 0.2) is 23.1 Å². The van der Waals surface area contributed by atoms with E-state index in [0.29, 0.717) is 0 Å². The molecule has 0 radical (unpaired) electrons. The SMILES string of the molecule is CC(C)(C)n1cccc([N+](=O)[O-])c1=O. The van der Waals surface area contributed by atoms with Crippen molar-refractivity contribution in [3.8, 4) is 0 Å². The highest BCUT2D eigenvalue weighted by atomic mass is 16.6. The Morgan fingerprint density at radius 3 is 2.43 bits per heavy atom. The van der Waals surface area contributed by atoms with Crippen LogP contribution in [0.25, 0.3) is 0 Å². The molecule has 1 heterocycles. The maximum atomic E-state index is 11.6. The molecule has 0 saturated heterocycles. The first kappa shape index (κ1) is 10.4. The predicted molar refractivity (Wildman–Crippen MR) is 52.4 cm³/mol. The average molecular weight is 196 g/mol. The Hall–Kier alpha value is -1.65. The summed E-state index contributed by atoms with van der Waals surface area (Å²) in [7, 11) is 0. The van der Waals surface area contributed by atoms with Crippen molar-refractivity contribution in [2.24, 2.45) is 0 Å². The van der Waals surface area contributed by atoms with Gasteiger partial charge in [-0.25, -0.2) is 0 Å². The molecule has 1 rings (SSSR count). The third-order valence-electron chi connectivity index (χ3n) is 1.85. The van der Waals surface area contributed by atoms with E-state index in [2.05, 4.69) is 0 Å². The summed E-state index contributed by atoms with van der Waals surface area (Å²) < 4.78 is 1.35. The van der Waals surface area contributed by atoms with E-state index in [1.807, 2.05) is 20.8 Å². The molecule has 0 aliphatic rings. The Bertz CT molecular complexity index is 415. The summed E-state index contributed by atoms with van der Waals surface area (Å²) in [6, 6.07) is 2.72. The number of hydrogen-bond acceptors (Lipinski definition) is 3. The first-order chi connectivity index (χ1) is 6.34. The maximum absolute atomic E-state index is 11.6. The van der Waals surface area contributed by atoms with Gasteiger partial charge in [-0.2, -0.15) is 0 Å². The topological polar surface area (TPSA) is 65.1 Å². The normalized spacial score (nSPS) is 11.4. The lowest BCUT2D eigenvalue weighted by atomic mass is 10.1. The van der Waals surface area contributed by atoms with Gasteiger partial charge in [-0.1, -0.05) is 0 Å². The van der Waals surface area contributed by atoms with Crippen LogP contribution < -0.4 is 5.56 Å². The van der Waals surface area contributed by atoms with Crippen LogP contribution in [0, 0.1) is 10.1 Å². The van der Waals surface area contributed by atoms with Crippen LogP contribution in [0.5, 0.6) is 0 Å². The molecule has 76 valence electrons. The molecule has 0 bridgehead atoms. The minimum Gasteiger partial charge on any atom is -0.304 e. The molecule has 5 nitrogen and oxygen atoms in total. The predicted octanol–water partition coefficient (Wildman–Crippen LogP) is 1.51. The highest BCUT2D eigenvalue weighted by Gasteiger charge is 2.20. The summed E-state index contributed by atoms with van der Waals surface area (Å²) >= 11 is 0. The van der Waals surface area contributed by atoms with Crippen LogP contribution in [0.1, 0.15) is 20.8 Å². The van der Waals surface area contributed by atoms with E-state index >= 15 is 0 Å². The molecule has 0 aromatic carbocycles. The van der Waals surface area contributed by atoms with Gasteiger partial charge < -0.3 is 4.57 Å². The van der Waals surface area contributed by atoms with Crippen LogP contribution in [0.2, 0.25) is 0 Å². The van der Waals surface area contributed by atoms with Crippen molar-refractivity contribution in [1.82, 2.24) is 4.57 Å². The summed E-state index contributed by atoms with van der Waals surface area (Å²) in [6.45, 7) is 5.45. The first-order valence-corrected chi connectivity index (χ1v) is 4.20. The molecule has 0 aliphatic carbocycles. The van der Waals surface area contributed by atoms with Gasteiger partial charge >= 0.3 is 11.2 Å². The molecule has 5 heteroatoms. The lowest BCUT2D eigenvalue weighted by Crippen LogP contribution is -2.34. The van der Waals surface area contributed by atoms with Gasteiger partial charge in [-0.05, 0) is 26.8 Å². The molecule has 0 N–H and O–H groups in total. The first-order valence-electron chi connectivity index (χ1n) is 4.20. The van der Waals surface area contributed by atoms with Crippen molar-refractivity contribution in [3.63, 3.8) is 0 Å². The highest BCUT2D eigenvalue weighted by Crippen LogP contribution is 2.12. The van der Waals surface area contributed by atoms with Crippen molar-refractivity contribution >= 4 is 5.69 Å². The van der Waals surface area contributed by atoms with Gasteiger partial charge in [0.1, 0.15) is 0 Å². The standard InChI is InChI=1S/C9H12N2O3/c1-9(2,3)10-6-4-5-7(8(10)12)11(13)14/h4-6H,1-3H3. The quantitative estimate of drug-likeness (QED) is 0.505. The molecule has 1 aromatic heterocycles. The van der Waals surface area contributed by atoms with Crippen molar-refractivity contribution < 1.29 is 4.92 Å². The summed E-state index contributed by atoms with van der Waals surface area (Å²) in [6.07, 6.45) is 1.55. The van der Waals surface area contributed by atoms with E-state index in [1.165, 1.54) is 16.7 Å². The van der Waals surface area contributed by atoms with Crippen molar-refractivity contribution in [1.29, 1.82) is 0 Å². The van der Waals surface area contributed by atoms with E-state index in [9.17, 15) is 14.9 Å². The Labute approximate surface area is 81.1 Å². The van der Waals surface area contributed by atoms with Gasteiger partial charge in [0, 0.05) is 17.8 Å². The van der Waals surface area contributed by atoms with Crippen molar-refractivity contribution in [2.75, 3.05) is 0 Å². The molecule has 0 fully saturated rings. The number of hydrogen-bond donors (Lipinski definition) is 0. The second kappa shape index (κ2) is 3.25. The molecule has 0 aliphatic heterocycles. The molecular weight excluding hydrogens is 184 g/mol. The Balaban J connectivity index is 3.44. The van der Waals surface area contributed by atoms with Gasteiger partial charge in [-0.15, -0.1) is 0 Å². The Morgan fingerprint density at radius 2 is 2.00 bits per heavy atom. The van der Waals surface area contributed by atoms with Gasteiger partial charge in [0.25, 0.3) is 0 Å². The van der Waals surface area contributed by atoms with Gasteiger partial charge in [0.2, 0.25) is 0 Å². The van der Waals surface area contributed by atoms with Crippen molar-refractivity contribution in [3.05, 3.63) is 38.8 Å². The Kier molecular flexibility index (Phi) is 2.42. The zero-order chi connectivity index (χ0) is 10.9. The van der Waals surface area contributed by atoms with Crippen LogP contribution >= 0.6 is 0 Å². The van der Waals surface area contributed by atoms with E-state index in [4.69, 9.17) is 0 Å². The molecule has 0 unspecified atom stereocenters. The van der Waals surface area contributed by atoms with Gasteiger partial charge in [0.05, 0.1) is 4.92 Å². The minimum absolute atomic E-state index is 0.387. The zero-order valence-corrected chi connectivity index (χ0v) is 8.35. The minimum atomic E-state index is -0.662. The number of rotatable bonds is 1. The maximum Gasteiger partial charge on any atom is 0.334 e. The van der Waals surface area contributed by atoms with Gasteiger partial charge in [-0.3, -0.25) is 14.9 Å². The van der Waals surface area contributed by atoms with Crippen LogP contribution in [0.3, 0.4) is 0 Å². The monoisotopic (exact) mass is 196 g/mol. The highest BCUT2D eigenvalue weighted by molar-refractivity contribution is 5.25. The fourth-order valence-electron chi connectivity index (χ4n) is 1.15. The number of nitro groups is 1. The van der Waals surface area contributed by atoms with E-state index in [0.717, 1.165) is 0 Å². The molecule has 0 amide bonds. The molecule has 0 atom stereocenters. The summed E-state index contributed by atoms with van der Waals surface area (Å²) in [5.41, 5.74) is -1.39. The second-order valence-corrected chi connectivity index (χ2v) is 4.00. The molecule has 0 saturated carbocycles. The van der Waals surface area contributed by atoms with Crippen molar-refractivity contribution in [2.45, 2.75) is 26.3 Å². The van der Waals surface area contributed by atoms with Gasteiger partial charge in [0.15, 0.2) is 0 Å². The average Bonchev–Trinajstić information content (AvgIpc) is 2.01.